The minimum atomic E-state index is 0.383. The molecule has 1 aromatic heterocycles. The molecule has 0 saturated heterocycles. The van der Waals surface area contributed by atoms with Crippen LogP contribution < -0.4 is 14.5 Å². The van der Waals surface area contributed by atoms with Crippen molar-refractivity contribution in [1.29, 1.82) is 0 Å². The van der Waals surface area contributed by atoms with Gasteiger partial charge >= 0.3 is 0 Å². The van der Waals surface area contributed by atoms with Crippen LogP contribution in [0.4, 0.5) is 11.4 Å². The molecule has 6 nitrogen and oxygen atoms in total. The van der Waals surface area contributed by atoms with Gasteiger partial charge in [-0.3, -0.25) is 4.98 Å². The molecule has 0 bridgehead atoms. The summed E-state index contributed by atoms with van der Waals surface area (Å²) in [6.45, 7) is 0.383. The number of rotatable bonds is 7. The third-order valence-corrected chi connectivity index (χ3v) is 3.59. The molecule has 126 valence electrons. The Morgan fingerprint density at radius 3 is 2.08 bits per heavy atom. The Balaban J connectivity index is 1.70. The first kappa shape index (κ1) is 16.4. The van der Waals surface area contributed by atoms with Crippen molar-refractivity contribution in [3.8, 4) is 11.5 Å². The summed E-state index contributed by atoms with van der Waals surface area (Å²) in [4.78, 5) is 15.5. The van der Waals surface area contributed by atoms with Crippen molar-refractivity contribution in [2.45, 2.75) is 6.61 Å². The molecule has 0 atom stereocenters. The monoisotopic (exact) mass is 335 g/mol. The highest BCUT2D eigenvalue weighted by Crippen LogP contribution is 2.29. The van der Waals surface area contributed by atoms with Crippen LogP contribution >= 0.6 is 0 Å². The van der Waals surface area contributed by atoms with E-state index in [0.29, 0.717) is 29.5 Å². The minimum Gasteiger partial charge on any atom is -0.497 e. The molecule has 25 heavy (non-hydrogen) atoms. The molecule has 3 rings (SSSR count). The van der Waals surface area contributed by atoms with Gasteiger partial charge in [-0.1, -0.05) is 6.07 Å². The van der Waals surface area contributed by atoms with Gasteiger partial charge in [0.15, 0.2) is 0 Å². The largest absolute Gasteiger partial charge is 0.497 e. The molecule has 0 unspecified atom stereocenters. The van der Waals surface area contributed by atoms with Gasteiger partial charge in [0, 0.05) is 6.20 Å². The van der Waals surface area contributed by atoms with Gasteiger partial charge in [-0.05, 0) is 60.7 Å². The molecule has 0 saturated carbocycles. The second kappa shape index (κ2) is 7.92. The predicted octanol–water partition coefficient (Wildman–Crippen LogP) is 4.49. The van der Waals surface area contributed by atoms with Crippen molar-refractivity contribution >= 4 is 11.4 Å². The fraction of sp³-hybridized carbons (Fsp3) is 0.105. The van der Waals surface area contributed by atoms with E-state index < -0.39 is 0 Å². The average Bonchev–Trinajstić information content (AvgIpc) is 2.69. The quantitative estimate of drug-likeness (QED) is 0.470. The lowest BCUT2D eigenvalue weighted by Crippen LogP contribution is -2.07. The maximum absolute atomic E-state index is 11.3. The van der Waals surface area contributed by atoms with E-state index in [1.165, 1.54) is 5.01 Å². The normalized spacial score (nSPS) is 10.1. The number of nitroso groups, excluding NO2 is 1. The number of nitrogens with zero attached hydrogens (tertiary/aromatic N) is 3. The summed E-state index contributed by atoms with van der Waals surface area (Å²) >= 11 is 0. The molecule has 1 heterocycles. The van der Waals surface area contributed by atoms with Crippen molar-refractivity contribution in [2.75, 3.05) is 12.1 Å². The molecule has 0 aliphatic rings. The molecular formula is C19H17N3O3. The maximum atomic E-state index is 11.3. The molecular weight excluding hydrogens is 318 g/mol. The Morgan fingerprint density at radius 2 is 1.56 bits per heavy atom. The highest BCUT2D eigenvalue weighted by Gasteiger charge is 2.10. The van der Waals surface area contributed by atoms with Gasteiger partial charge in [-0.15, -0.1) is 4.91 Å². The number of benzene rings is 2. The van der Waals surface area contributed by atoms with Crippen LogP contribution in [0.15, 0.2) is 78.2 Å². The van der Waals surface area contributed by atoms with Gasteiger partial charge in [-0.25, -0.2) is 0 Å². The molecule has 2 aromatic carbocycles. The Labute approximate surface area is 145 Å². The van der Waals surface area contributed by atoms with Gasteiger partial charge in [0.1, 0.15) is 18.1 Å². The van der Waals surface area contributed by atoms with Crippen LogP contribution in [0.2, 0.25) is 0 Å². The maximum Gasteiger partial charge on any atom is 0.130 e. The SMILES string of the molecule is COc1ccc(N(N=O)c2ccc(OCc3ccccn3)cc2)cc1. The fourth-order valence-corrected chi connectivity index (χ4v) is 2.29. The lowest BCUT2D eigenvalue weighted by Gasteiger charge is -2.16. The number of aromatic nitrogens is 1. The van der Waals surface area contributed by atoms with E-state index in [1.807, 2.05) is 18.2 Å². The van der Waals surface area contributed by atoms with Crippen molar-refractivity contribution in [1.82, 2.24) is 4.98 Å². The van der Waals surface area contributed by atoms with E-state index in [2.05, 4.69) is 10.3 Å². The third kappa shape index (κ3) is 4.11. The van der Waals surface area contributed by atoms with Crippen LogP contribution in [0.1, 0.15) is 5.69 Å². The summed E-state index contributed by atoms with van der Waals surface area (Å²) < 4.78 is 10.8. The highest BCUT2D eigenvalue weighted by atomic mass is 16.5. The number of methoxy groups -OCH3 is 1. The Kier molecular flexibility index (Phi) is 5.21. The molecule has 0 radical (unpaired) electrons. The van der Waals surface area contributed by atoms with Gasteiger partial charge in [0.25, 0.3) is 0 Å². The Hall–Kier alpha value is -3.41. The van der Waals surface area contributed by atoms with E-state index in [0.717, 1.165) is 5.69 Å². The van der Waals surface area contributed by atoms with Crippen molar-refractivity contribution in [2.24, 2.45) is 5.29 Å². The zero-order valence-corrected chi connectivity index (χ0v) is 13.7. The molecule has 0 fully saturated rings. The summed E-state index contributed by atoms with van der Waals surface area (Å²) in [5.41, 5.74) is 2.14. The third-order valence-electron chi connectivity index (χ3n) is 3.59. The number of ether oxygens (including phenoxy) is 2. The molecule has 0 amide bonds. The van der Waals surface area contributed by atoms with Crippen molar-refractivity contribution in [3.05, 3.63) is 83.5 Å². The van der Waals surface area contributed by atoms with Crippen LogP contribution in [0.25, 0.3) is 0 Å². The lowest BCUT2D eigenvalue weighted by atomic mass is 10.2. The van der Waals surface area contributed by atoms with Crippen molar-refractivity contribution < 1.29 is 9.47 Å². The molecule has 0 aliphatic heterocycles. The first-order valence-corrected chi connectivity index (χ1v) is 7.70. The van der Waals surface area contributed by atoms with E-state index in [9.17, 15) is 4.91 Å². The highest BCUT2D eigenvalue weighted by molar-refractivity contribution is 5.63. The van der Waals surface area contributed by atoms with Crippen LogP contribution in [0.5, 0.6) is 11.5 Å². The van der Waals surface area contributed by atoms with Gasteiger partial charge in [0.05, 0.1) is 29.5 Å². The molecule has 0 aliphatic carbocycles. The first-order chi connectivity index (χ1) is 12.3. The topological polar surface area (TPSA) is 64.0 Å². The zero-order chi connectivity index (χ0) is 17.5. The van der Waals surface area contributed by atoms with Crippen molar-refractivity contribution in [3.63, 3.8) is 0 Å². The summed E-state index contributed by atoms with van der Waals surface area (Å²) in [7, 11) is 1.59. The zero-order valence-electron chi connectivity index (χ0n) is 13.7. The summed E-state index contributed by atoms with van der Waals surface area (Å²) in [5.74, 6) is 1.41. The number of anilines is 2. The summed E-state index contributed by atoms with van der Waals surface area (Å²) in [6.07, 6.45) is 1.73. The second-order valence-electron chi connectivity index (χ2n) is 5.20. The van der Waals surface area contributed by atoms with E-state index in [4.69, 9.17) is 9.47 Å². The van der Waals surface area contributed by atoms with Crippen LogP contribution in [-0.2, 0) is 6.61 Å². The Morgan fingerprint density at radius 1 is 0.920 bits per heavy atom. The molecule has 6 heteroatoms. The molecule has 0 spiro atoms. The van der Waals surface area contributed by atoms with Crippen LogP contribution in [-0.4, -0.2) is 12.1 Å². The number of pyridine rings is 1. The number of hydrogen-bond donors (Lipinski definition) is 0. The standard InChI is InChI=1S/C19H17N3O3/c1-24-18-9-5-16(6-10-18)22(21-23)17-7-11-19(12-8-17)25-14-15-4-2-3-13-20-15/h2-13H,14H2,1H3. The summed E-state index contributed by atoms with van der Waals surface area (Å²) in [5, 5.41) is 4.41. The summed E-state index contributed by atoms with van der Waals surface area (Å²) in [6, 6.07) is 19.9. The average molecular weight is 335 g/mol. The second-order valence-corrected chi connectivity index (χ2v) is 5.20. The van der Waals surface area contributed by atoms with E-state index in [-0.39, 0.29) is 0 Å². The predicted molar refractivity (Wildman–Crippen MR) is 95.9 cm³/mol. The number of hydrogen-bond acceptors (Lipinski definition) is 5. The van der Waals surface area contributed by atoms with Crippen LogP contribution in [0.3, 0.4) is 0 Å². The lowest BCUT2D eigenvalue weighted by molar-refractivity contribution is 0.301. The first-order valence-electron chi connectivity index (χ1n) is 7.70. The molecule has 3 aromatic rings. The van der Waals surface area contributed by atoms with Gasteiger partial charge in [-0.2, -0.15) is 5.01 Å². The van der Waals surface area contributed by atoms with Crippen LogP contribution in [0, 0.1) is 4.91 Å². The smallest absolute Gasteiger partial charge is 0.130 e. The van der Waals surface area contributed by atoms with Gasteiger partial charge in [0.2, 0.25) is 0 Å². The van der Waals surface area contributed by atoms with Gasteiger partial charge < -0.3 is 9.47 Å². The fourth-order valence-electron chi connectivity index (χ4n) is 2.29. The van der Waals surface area contributed by atoms with E-state index in [1.54, 1.807) is 61.8 Å². The van der Waals surface area contributed by atoms with E-state index >= 15 is 0 Å². The molecule has 0 N–H and O–H groups in total. The Bertz CT molecular complexity index is 806. The minimum absolute atomic E-state index is 0.383.